The van der Waals surface area contributed by atoms with Gasteiger partial charge in [-0.3, -0.25) is 9.59 Å². The number of hydrogen-bond donors (Lipinski definition) is 1. The summed E-state index contributed by atoms with van der Waals surface area (Å²) in [5.74, 6) is -2.55. The molecule has 0 saturated heterocycles. The minimum atomic E-state index is -1.05. The zero-order chi connectivity index (χ0) is 22.8. The van der Waals surface area contributed by atoms with Crippen LogP contribution in [0.3, 0.4) is 0 Å². The molecule has 1 atom stereocenters. The first-order valence-corrected chi connectivity index (χ1v) is 11.1. The summed E-state index contributed by atoms with van der Waals surface area (Å²) in [5, 5.41) is 4.81. The Bertz CT molecular complexity index is 1180. The number of anilines is 1. The van der Waals surface area contributed by atoms with Gasteiger partial charge in [0.05, 0.1) is 0 Å². The minimum absolute atomic E-state index is 0.0464. The number of carbonyl (C=O) groups excluding carboxylic acids is 2. The fourth-order valence-corrected chi connectivity index (χ4v) is 4.53. The SMILES string of the molecule is Cc1c(NC(=O)C(C)Oc2ccc(F)c(F)c2)cccc1C(=O)N1CCc2sccc2C1. The molecule has 2 amide bonds. The first-order chi connectivity index (χ1) is 15.3. The molecule has 166 valence electrons. The molecule has 3 aromatic rings. The molecule has 0 radical (unpaired) electrons. The molecule has 5 nitrogen and oxygen atoms in total. The molecule has 4 rings (SSSR count). The van der Waals surface area contributed by atoms with Crippen molar-refractivity contribution in [3.8, 4) is 5.75 Å². The van der Waals surface area contributed by atoms with E-state index in [0.29, 0.717) is 29.9 Å². The lowest BCUT2D eigenvalue weighted by molar-refractivity contribution is -0.122. The van der Waals surface area contributed by atoms with Crippen molar-refractivity contribution in [2.24, 2.45) is 0 Å². The summed E-state index contributed by atoms with van der Waals surface area (Å²) in [6.07, 6.45) is -0.120. The number of amides is 2. The van der Waals surface area contributed by atoms with E-state index in [4.69, 9.17) is 4.74 Å². The van der Waals surface area contributed by atoms with E-state index in [0.717, 1.165) is 18.6 Å². The average Bonchev–Trinajstić information content (AvgIpc) is 3.25. The van der Waals surface area contributed by atoms with Crippen molar-refractivity contribution in [1.29, 1.82) is 0 Å². The van der Waals surface area contributed by atoms with Crippen LogP contribution in [-0.4, -0.2) is 29.4 Å². The van der Waals surface area contributed by atoms with Crippen LogP contribution in [0.15, 0.2) is 47.8 Å². The molecule has 0 fully saturated rings. The van der Waals surface area contributed by atoms with E-state index in [-0.39, 0.29) is 11.7 Å². The number of fused-ring (bicyclic) bond motifs is 1. The summed E-state index contributed by atoms with van der Waals surface area (Å²) < 4.78 is 31.9. The van der Waals surface area contributed by atoms with Crippen LogP contribution in [0.4, 0.5) is 14.5 Å². The fraction of sp³-hybridized carbons (Fsp3) is 0.250. The first kappa shape index (κ1) is 22.0. The van der Waals surface area contributed by atoms with Crippen molar-refractivity contribution in [3.05, 3.63) is 81.0 Å². The highest BCUT2D eigenvalue weighted by molar-refractivity contribution is 7.10. The van der Waals surface area contributed by atoms with Gasteiger partial charge >= 0.3 is 0 Å². The second-order valence-corrected chi connectivity index (χ2v) is 8.65. The number of rotatable bonds is 5. The number of ether oxygens (including phenoxy) is 1. The standard InChI is InChI=1S/C24H22F2N2O3S/c1-14-18(24(30)28-10-8-22-16(13-28)9-11-32-22)4-3-5-21(14)27-23(29)15(2)31-17-6-7-19(25)20(26)12-17/h3-7,9,11-12,15H,8,10,13H2,1-2H3,(H,27,29). The van der Waals surface area contributed by atoms with Crippen LogP contribution in [0.25, 0.3) is 0 Å². The maximum absolute atomic E-state index is 13.4. The molecule has 1 aromatic heterocycles. The molecule has 1 aliphatic heterocycles. The Morgan fingerprint density at radius 3 is 2.75 bits per heavy atom. The summed E-state index contributed by atoms with van der Waals surface area (Å²) in [7, 11) is 0. The lowest BCUT2D eigenvalue weighted by Gasteiger charge is -2.28. The van der Waals surface area contributed by atoms with Crippen LogP contribution >= 0.6 is 11.3 Å². The van der Waals surface area contributed by atoms with Gasteiger partial charge in [0.2, 0.25) is 0 Å². The smallest absolute Gasteiger partial charge is 0.265 e. The molecule has 1 aliphatic rings. The first-order valence-electron chi connectivity index (χ1n) is 10.2. The Kier molecular flexibility index (Phi) is 6.23. The third kappa shape index (κ3) is 4.50. The van der Waals surface area contributed by atoms with E-state index in [9.17, 15) is 18.4 Å². The van der Waals surface area contributed by atoms with Gasteiger partial charge in [-0.1, -0.05) is 6.07 Å². The molecule has 8 heteroatoms. The van der Waals surface area contributed by atoms with E-state index >= 15 is 0 Å². The van der Waals surface area contributed by atoms with Crippen LogP contribution < -0.4 is 10.1 Å². The lowest BCUT2D eigenvalue weighted by Crippen LogP contribution is -2.36. The predicted octanol–water partition coefficient (Wildman–Crippen LogP) is 4.94. The molecular weight excluding hydrogens is 434 g/mol. The van der Waals surface area contributed by atoms with E-state index < -0.39 is 23.6 Å². The second-order valence-electron chi connectivity index (χ2n) is 7.65. The third-order valence-corrected chi connectivity index (χ3v) is 6.51. The number of benzene rings is 2. The summed E-state index contributed by atoms with van der Waals surface area (Å²) in [6, 6.07) is 10.3. The summed E-state index contributed by atoms with van der Waals surface area (Å²) in [6.45, 7) is 4.52. The zero-order valence-corrected chi connectivity index (χ0v) is 18.5. The molecule has 1 unspecified atom stereocenters. The number of nitrogens with one attached hydrogen (secondary N) is 1. The predicted molar refractivity (Wildman–Crippen MR) is 119 cm³/mol. The Hall–Kier alpha value is -3.26. The maximum atomic E-state index is 13.4. The zero-order valence-electron chi connectivity index (χ0n) is 17.7. The van der Waals surface area contributed by atoms with Crippen LogP contribution in [0, 0.1) is 18.6 Å². The molecule has 2 aromatic carbocycles. The van der Waals surface area contributed by atoms with Gasteiger partial charge in [-0.2, -0.15) is 0 Å². The summed E-state index contributed by atoms with van der Waals surface area (Å²) in [5.41, 5.74) is 2.85. The van der Waals surface area contributed by atoms with E-state index in [1.54, 1.807) is 36.5 Å². The molecule has 2 heterocycles. The van der Waals surface area contributed by atoms with Gasteiger partial charge in [0, 0.05) is 35.3 Å². The van der Waals surface area contributed by atoms with Gasteiger partial charge in [-0.05, 0) is 67.1 Å². The highest BCUT2D eigenvalue weighted by Crippen LogP contribution is 2.27. The van der Waals surface area contributed by atoms with Gasteiger partial charge in [-0.25, -0.2) is 8.78 Å². The van der Waals surface area contributed by atoms with Gasteiger partial charge in [-0.15, -0.1) is 11.3 Å². The highest BCUT2D eigenvalue weighted by atomic mass is 32.1. The van der Waals surface area contributed by atoms with Gasteiger partial charge < -0.3 is 15.0 Å². The van der Waals surface area contributed by atoms with Crippen molar-refractivity contribution in [1.82, 2.24) is 4.90 Å². The Balaban J connectivity index is 1.45. The van der Waals surface area contributed by atoms with Gasteiger partial charge in [0.25, 0.3) is 11.8 Å². The largest absolute Gasteiger partial charge is 0.481 e. The highest BCUT2D eigenvalue weighted by Gasteiger charge is 2.25. The average molecular weight is 457 g/mol. The van der Waals surface area contributed by atoms with Crippen molar-refractivity contribution in [2.45, 2.75) is 32.9 Å². The molecule has 32 heavy (non-hydrogen) atoms. The van der Waals surface area contributed by atoms with Gasteiger partial charge in [0.1, 0.15) is 5.75 Å². The van der Waals surface area contributed by atoms with E-state index in [1.807, 2.05) is 10.3 Å². The number of hydrogen-bond acceptors (Lipinski definition) is 4. The monoisotopic (exact) mass is 456 g/mol. The summed E-state index contributed by atoms with van der Waals surface area (Å²) >= 11 is 1.72. The topological polar surface area (TPSA) is 58.6 Å². The Morgan fingerprint density at radius 1 is 1.16 bits per heavy atom. The van der Waals surface area contributed by atoms with E-state index in [2.05, 4.69) is 11.4 Å². The molecule has 0 spiro atoms. The normalized spacial score (nSPS) is 13.9. The van der Waals surface area contributed by atoms with Crippen molar-refractivity contribution in [2.75, 3.05) is 11.9 Å². The Labute approximate surface area is 188 Å². The third-order valence-electron chi connectivity index (χ3n) is 5.49. The molecule has 0 saturated carbocycles. The van der Waals surface area contributed by atoms with Crippen molar-refractivity contribution in [3.63, 3.8) is 0 Å². The molecular formula is C24H22F2N2O3S. The van der Waals surface area contributed by atoms with Crippen molar-refractivity contribution >= 4 is 28.8 Å². The Morgan fingerprint density at radius 2 is 1.97 bits per heavy atom. The van der Waals surface area contributed by atoms with Crippen LogP contribution in [-0.2, 0) is 17.8 Å². The van der Waals surface area contributed by atoms with Crippen molar-refractivity contribution < 1.29 is 23.1 Å². The second kappa shape index (κ2) is 9.08. The number of thiophene rings is 1. The van der Waals surface area contributed by atoms with Gasteiger partial charge in [0.15, 0.2) is 17.7 Å². The van der Waals surface area contributed by atoms with Crippen LogP contribution in [0.2, 0.25) is 0 Å². The number of nitrogens with zero attached hydrogens (tertiary/aromatic N) is 1. The number of halogens is 2. The van der Waals surface area contributed by atoms with Crippen LogP contribution in [0.1, 0.15) is 33.3 Å². The lowest BCUT2D eigenvalue weighted by atomic mass is 10.0. The maximum Gasteiger partial charge on any atom is 0.265 e. The fourth-order valence-electron chi connectivity index (χ4n) is 3.64. The number of carbonyl (C=O) groups is 2. The summed E-state index contributed by atoms with van der Waals surface area (Å²) in [4.78, 5) is 28.9. The van der Waals surface area contributed by atoms with Crippen LogP contribution in [0.5, 0.6) is 5.75 Å². The minimum Gasteiger partial charge on any atom is -0.481 e. The van der Waals surface area contributed by atoms with E-state index in [1.165, 1.54) is 23.4 Å². The quantitative estimate of drug-likeness (QED) is 0.592. The molecule has 1 N–H and O–H groups in total. The molecule has 0 aliphatic carbocycles. The molecule has 0 bridgehead atoms.